The number of carbonyl (C=O) groups excluding carboxylic acids is 1. The SMILES string of the molecule is CC.O=C(c1ccc(C(F)(F)F)n2ccnc12)N1CCC(F)(F)C(Oc2ccc3ccccc3n2)C1. The van der Waals surface area contributed by atoms with Gasteiger partial charge in [0.2, 0.25) is 5.88 Å². The van der Waals surface area contributed by atoms with Crippen LogP contribution >= 0.6 is 0 Å². The third-order valence-corrected chi connectivity index (χ3v) is 5.77. The van der Waals surface area contributed by atoms with Crippen LogP contribution in [0.25, 0.3) is 16.6 Å². The molecule has 1 aliphatic heterocycles. The first-order valence-corrected chi connectivity index (χ1v) is 11.4. The monoisotopic (exact) mass is 506 g/mol. The number of imidazole rings is 1. The van der Waals surface area contributed by atoms with Gasteiger partial charge in [-0.1, -0.05) is 32.0 Å². The van der Waals surface area contributed by atoms with Gasteiger partial charge in [0.15, 0.2) is 6.10 Å². The van der Waals surface area contributed by atoms with Crippen molar-refractivity contribution >= 4 is 22.5 Å². The molecule has 190 valence electrons. The summed E-state index contributed by atoms with van der Waals surface area (Å²) in [6.45, 7) is 3.25. The van der Waals surface area contributed by atoms with Gasteiger partial charge in [0, 0.05) is 36.8 Å². The van der Waals surface area contributed by atoms with Crippen LogP contribution in [0.3, 0.4) is 0 Å². The number of ether oxygens (including phenoxy) is 1. The number of aromatic nitrogens is 3. The highest BCUT2D eigenvalue weighted by molar-refractivity contribution is 6.00. The van der Waals surface area contributed by atoms with E-state index in [9.17, 15) is 26.7 Å². The number of hydrogen-bond donors (Lipinski definition) is 0. The second-order valence-electron chi connectivity index (χ2n) is 7.96. The van der Waals surface area contributed by atoms with E-state index in [0.29, 0.717) is 5.52 Å². The van der Waals surface area contributed by atoms with Crippen LogP contribution in [-0.4, -0.2) is 50.3 Å². The average Bonchev–Trinajstić information content (AvgIpc) is 3.35. The average molecular weight is 506 g/mol. The standard InChI is InChI=1S/C23H17F5N4O2.C2H6/c24-22(25)9-11-31(13-18(22)34-19-8-5-14-3-1-2-4-16(14)30-19)21(33)15-6-7-17(23(26,27)28)32-12-10-29-20(15)32;1-2/h1-8,10,12,18H,9,11,13H2;1-2H3. The van der Waals surface area contributed by atoms with Crippen LogP contribution in [-0.2, 0) is 6.18 Å². The first-order valence-electron chi connectivity index (χ1n) is 11.4. The van der Waals surface area contributed by atoms with Gasteiger partial charge in [-0.25, -0.2) is 18.7 Å². The molecule has 0 bridgehead atoms. The Morgan fingerprint density at radius 1 is 1.08 bits per heavy atom. The van der Waals surface area contributed by atoms with Gasteiger partial charge in [-0.15, -0.1) is 0 Å². The minimum Gasteiger partial charge on any atom is -0.466 e. The second-order valence-corrected chi connectivity index (χ2v) is 7.96. The highest BCUT2D eigenvalue weighted by atomic mass is 19.4. The number of para-hydroxylation sites is 1. The van der Waals surface area contributed by atoms with Gasteiger partial charge in [-0.3, -0.25) is 9.20 Å². The molecule has 5 rings (SSSR count). The van der Waals surface area contributed by atoms with Gasteiger partial charge in [-0.2, -0.15) is 13.2 Å². The van der Waals surface area contributed by atoms with Gasteiger partial charge >= 0.3 is 6.18 Å². The highest BCUT2D eigenvalue weighted by Crippen LogP contribution is 2.34. The summed E-state index contributed by atoms with van der Waals surface area (Å²) in [5.74, 6) is -3.95. The first-order chi connectivity index (χ1) is 17.1. The number of amides is 1. The van der Waals surface area contributed by atoms with E-state index in [1.165, 1.54) is 6.07 Å². The quantitative estimate of drug-likeness (QED) is 0.327. The van der Waals surface area contributed by atoms with Crippen molar-refractivity contribution in [1.82, 2.24) is 19.3 Å². The van der Waals surface area contributed by atoms with Gasteiger partial charge in [0.25, 0.3) is 11.8 Å². The summed E-state index contributed by atoms with van der Waals surface area (Å²) in [6, 6.07) is 12.1. The fraction of sp³-hybridized carbons (Fsp3) is 0.320. The maximum Gasteiger partial charge on any atom is 0.431 e. The minimum atomic E-state index is -4.65. The summed E-state index contributed by atoms with van der Waals surface area (Å²) in [4.78, 5) is 22.4. The topological polar surface area (TPSA) is 59.7 Å². The third kappa shape index (κ3) is 4.82. The van der Waals surface area contributed by atoms with Crippen molar-refractivity contribution in [3.63, 3.8) is 0 Å². The van der Waals surface area contributed by atoms with Crippen LogP contribution in [0.5, 0.6) is 5.88 Å². The van der Waals surface area contributed by atoms with Crippen LogP contribution in [0.4, 0.5) is 22.0 Å². The summed E-state index contributed by atoms with van der Waals surface area (Å²) in [6.07, 6.45) is -4.76. The third-order valence-electron chi connectivity index (χ3n) is 5.77. The molecule has 11 heteroatoms. The van der Waals surface area contributed by atoms with E-state index in [0.717, 1.165) is 39.2 Å². The lowest BCUT2D eigenvalue weighted by Crippen LogP contribution is -2.55. The maximum absolute atomic E-state index is 14.7. The minimum absolute atomic E-state index is 0.0112. The zero-order valence-corrected chi connectivity index (χ0v) is 19.5. The largest absolute Gasteiger partial charge is 0.466 e. The van der Waals surface area contributed by atoms with E-state index in [4.69, 9.17) is 4.74 Å². The van der Waals surface area contributed by atoms with Crippen molar-refractivity contribution in [2.24, 2.45) is 0 Å². The number of likely N-dealkylation sites (tertiary alicyclic amines) is 1. The second kappa shape index (κ2) is 9.71. The molecule has 4 aromatic rings. The Bertz CT molecular complexity index is 1390. The summed E-state index contributed by atoms with van der Waals surface area (Å²) < 4.78 is 75.4. The Balaban J connectivity index is 0.00000148. The van der Waals surface area contributed by atoms with Crippen LogP contribution in [0.15, 0.2) is 60.9 Å². The molecule has 1 aromatic carbocycles. The number of pyridine rings is 2. The molecule has 1 atom stereocenters. The number of carbonyl (C=O) groups is 1. The van der Waals surface area contributed by atoms with Gasteiger partial charge in [0.05, 0.1) is 17.6 Å². The van der Waals surface area contributed by atoms with Crippen molar-refractivity contribution < 1.29 is 31.5 Å². The maximum atomic E-state index is 14.7. The summed E-state index contributed by atoms with van der Waals surface area (Å²) in [7, 11) is 0. The van der Waals surface area contributed by atoms with Crippen LogP contribution in [0, 0.1) is 0 Å². The fourth-order valence-corrected chi connectivity index (χ4v) is 4.02. The van der Waals surface area contributed by atoms with Crippen molar-refractivity contribution in [3.8, 4) is 5.88 Å². The normalized spacial score (nSPS) is 17.5. The molecule has 1 aliphatic rings. The molecular formula is C25H23F5N4O2. The van der Waals surface area contributed by atoms with E-state index in [2.05, 4.69) is 9.97 Å². The number of halogens is 5. The summed E-state index contributed by atoms with van der Waals surface area (Å²) >= 11 is 0. The van der Waals surface area contributed by atoms with Crippen molar-refractivity contribution in [1.29, 1.82) is 0 Å². The van der Waals surface area contributed by atoms with E-state index >= 15 is 0 Å². The summed E-state index contributed by atoms with van der Waals surface area (Å²) in [5.41, 5.74) is -0.750. The van der Waals surface area contributed by atoms with E-state index in [1.54, 1.807) is 18.2 Å². The molecule has 0 N–H and O–H groups in total. The molecule has 0 radical (unpaired) electrons. The first kappa shape index (κ1) is 25.3. The molecule has 1 unspecified atom stereocenters. The molecule has 4 heterocycles. The lowest BCUT2D eigenvalue weighted by Gasteiger charge is -2.38. The molecule has 0 saturated carbocycles. The van der Waals surface area contributed by atoms with Crippen molar-refractivity contribution in [3.05, 3.63) is 72.2 Å². The number of fused-ring (bicyclic) bond motifs is 2. The van der Waals surface area contributed by atoms with Crippen molar-refractivity contribution in [2.45, 2.75) is 38.5 Å². The van der Waals surface area contributed by atoms with E-state index in [-0.39, 0.29) is 23.6 Å². The molecule has 1 saturated heterocycles. The van der Waals surface area contributed by atoms with Gasteiger partial charge in [0.1, 0.15) is 11.3 Å². The lowest BCUT2D eigenvalue weighted by molar-refractivity contribution is -0.142. The molecular weight excluding hydrogens is 483 g/mol. The summed E-state index contributed by atoms with van der Waals surface area (Å²) in [5, 5.41) is 0.813. The Kier molecular flexibility index (Phi) is 6.83. The lowest BCUT2D eigenvalue weighted by atomic mass is 10.0. The number of benzene rings is 1. The number of piperidine rings is 1. The Morgan fingerprint density at radius 3 is 2.58 bits per heavy atom. The molecule has 0 aliphatic carbocycles. The number of rotatable bonds is 3. The number of hydrogen-bond acceptors (Lipinski definition) is 4. The molecule has 3 aromatic heterocycles. The van der Waals surface area contributed by atoms with Crippen LogP contribution in [0.2, 0.25) is 0 Å². The van der Waals surface area contributed by atoms with E-state index in [1.807, 2.05) is 26.0 Å². The fourth-order valence-electron chi connectivity index (χ4n) is 4.02. The van der Waals surface area contributed by atoms with Crippen LogP contribution < -0.4 is 4.74 Å². The molecule has 36 heavy (non-hydrogen) atoms. The zero-order chi connectivity index (χ0) is 26.1. The number of nitrogens with zero attached hydrogens (tertiary/aromatic N) is 4. The molecule has 6 nitrogen and oxygen atoms in total. The predicted molar refractivity (Wildman–Crippen MR) is 123 cm³/mol. The Labute approximate surface area is 203 Å². The Hall–Kier alpha value is -3.76. The van der Waals surface area contributed by atoms with Crippen molar-refractivity contribution in [2.75, 3.05) is 13.1 Å². The smallest absolute Gasteiger partial charge is 0.431 e. The number of alkyl halides is 5. The molecule has 1 fully saturated rings. The molecule has 1 amide bonds. The predicted octanol–water partition coefficient (Wildman–Crippen LogP) is 5.86. The van der Waals surface area contributed by atoms with Gasteiger partial charge in [-0.05, 0) is 24.3 Å². The molecule has 0 spiro atoms. The van der Waals surface area contributed by atoms with Gasteiger partial charge < -0.3 is 9.64 Å². The highest BCUT2D eigenvalue weighted by Gasteiger charge is 2.47. The van der Waals surface area contributed by atoms with E-state index < -0.39 is 42.8 Å². The Morgan fingerprint density at radius 2 is 1.83 bits per heavy atom. The van der Waals surface area contributed by atoms with Crippen LogP contribution in [0.1, 0.15) is 36.3 Å². The zero-order valence-electron chi connectivity index (χ0n) is 19.5.